The number of rotatable bonds is 5. The van der Waals surface area contributed by atoms with Crippen LogP contribution in [0.3, 0.4) is 0 Å². The Bertz CT molecular complexity index is 648. The SMILES string of the molecule is COc1ccc(C(NC(=O)Nc2ncnn2C)C2CC2)cc1. The molecular weight excluding hydrogens is 282 g/mol. The van der Waals surface area contributed by atoms with E-state index in [1.165, 1.54) is 11.0 Å². The highest BCUT2D eigenvalue weighted by atomic mass is 16.5. The van der Waals surface area contributed by atoms with Crippen LogP contribution in [0.2, 0.25) is 0 Å². The van der Waals surface area contributed by atoms with Crippen molar-refractivity contribution in [2.75, 3.05) is 12.4 Å². The summed E-state index contributed by atoms with van der Waals surface area (Å²) in [6, 6.07) is 7.53. The van der Waals surface area contributed by atoms with Gasteiger partial charge in [0.25, 0.3) is 0 Å². The molecule has 1 heterocycles. The fraction of sp³-hybridized carbons (Fsp3) is 0.400. The molecule has 1 fully saturated rings. The number of benzene rings is 1. The second-order valence-electron chi connectivity index (χ2n) is 5.39. The molecule has 0 saturated heterocycles. The molecule has 1 unspecified atom stereocenters. The van der Waals surface area contributed by atoms with Crippen molar-refractivity contribution >= 4 is 12.0 Å². The Hall–Kier alpha value is -2.57. The topological polar surface area (TPSA) is 81.1 Å². The molecule has 22 heavy (non-hydrogen) atoms. The number of hydrogen-bond acceptors (Lipinski definition) is 4. The van der Waals surface area contributed by atoms with Crippen molar-refractivity contribution in [3.63, 3.8) is 0 Å². The third-order valence-corrected chi connectivity index (χ3v) is 3.79. The third-order valence-electron chi connectivity index (χ3n) is 3.79. The highest BCUT2D eigenvalue weighted by molar-refractivity contribution is 5.87. The highest BCUT2D eigenvalue weighted by Crippen LogP contribution is 2.41. The van der Waals surface area contributed by atoms with Crippen LogP contribution in [0.15, 0.2) is 30.6 Å². The van der Waals surface area contributed by atoms with E-state index in [1.54, 1.807) is 14.2 Å². The lowest BCUT2D eigenvalue weighted by Crippen LogP contribution is -2.34. The van der Waals surface area contributed by atoms with Crippen LogP contribution in [0.4, 0.5) is 10.7 Å². The van der Waals surface area contributed by atoms with Crippen molar-refractivity contribution in [2.24, 2.45) is 13.0 Å². The molecule has 0 radical (unpaired) electrons. The lowest BCUT2D eigenvalue weighted by atomic mass is 10.0. The number of ether oxygens (including phenoxy) is 1. The van der Waals surface area contributed by atoms with Gasteiger partial charge in [0.1, 0.15) is 12.1 Å². The molecule has 2 aromatic rings. The van der Waals surface area contributed by atoms with E-state index in [1.807, 2.05) is 24.3 Å². The van der Waals surface area contributed by atoms with Crippen molar-refractivity contribution in [3.05, 3.63) is 36.2 Å². The van der Waals surface area contributed by atoms with E-state index in [9.17, 15) is 4.79 Å². The summed E-state index contributed by atoms with van der Waals surface area (Å²) < 4.78 is 6.68. The van der Waals surface area contributed by atoms with Gasteiger partial charge in [-0.3, -0.25) is 5.32 Å². The second-order valence-corrected chi connectivity index (χ2v) is 5.39. The molecule has 7 heteroatoms. The van der Waals surface area contributed by atoms with Gasteiger partial charge in [-0.2, -0.15) is 10.1 Å². The van der Waals surface area contributed by atoms with E-state index in [2.05, 4.69) is 20.7 Å². The number of aromatic nitrogens is 3. The zero-order valence-corrected chi connectivity index (χ0v) is 12.6. The van der Waals surface area contributed by atoms with Crippen molar-refractivity contribution in [3.8, 4) is 5.75 Å². The van der Waals surface area contributed by atoms with Crippen LogP contribution in [0, 0.1) is 5.92 Å². The van der Waals surface area contributed by atoms with Gasteiger partial charge < -0.3 is 10.1 Å². The molecule has 116 valence electrons. The fourth-order valence-corrected chi connectivity index (χ4v) is 2.40. The van der Waals surface area contributed by atoms with Gasteiger partial charge in [-0.15, -0.1) is 0 Å². The van der Waals surface area contributed by atoms with E-state index in [0.717, 1.165) is 24.2 Å². The van der Waals surface area contributed by atoms with Crippen molar-refractivity contribution in [1.82, 2.24) is 20.1 Å². The van der Waals surface area contributed by atoms with Crippen molar-refractivity contribution in [1.29, 1.82) is 0 Å². The van der Waals surface area contributed by atoms with Gasteiger partial charge in [0.15, 0.2) is 0 Å². The first-order chi connectivity index (χ1) is 10.7. The maximum absolute atomic E-state index is 12.2. The van der Waals surface area contributed by atoms with Gasteiger partial charge in [-0.25, -0.2) is 9.48 Å². The number of amides is 2. The minimum atomic E-state index is -0.274. The van der Waals surface area contributed by atoms with E-state index in [4.69, 9.17) is 4.74 Å². The first-order valence-electron chi connectivity index (χ1n) is 7.23. The number of aryl methyl sites for hydroxylation is 1. The lowest BCUT2D eigenvalue weighted by Gasteiger charge is -2.19. The summed E-state index contributed by atoms with van der Waals surface area (Å²) in [5.74, 6) is 1.71. The van der Waals surface area contributed by atoms with Crippen molar-refractivity contribution in [2.45, 2.75) is 18.9 Å². The van der Waals surface area contributed by atoms with Crippen LogP contribution in [-0.4, -0.2) is 27.9 Å². The van der Waals surface area contributed by atoms with E-state index >= 15 is 0 Å². The first kappa shape index (κ1) is 14.4. The molecule has 0 aliphatic heterocycles. The van der Waals surface area contributed by atoms with Gasteiger partial charge in [0, 0.05) is 7.05 Å². The standard InChI is InChI=1S/C15H19N5O2/c1-20-14(16-9-17-20)19-15(21)18-13(10-3-4-10)11-5-7-12(22-2)8-6-11/h5-10,13H,3-4H2,1-2H3,(H2,16,17,18,19,21). The summed E-state index contributed by atoms with van der Waals surface area (Å²) >= 11 is 0. The highest BCUT2D eigenvalue weighted by Gasteiger charge is 2.33. The number of carbonyl (C=O) groups is 1. The Balaban J connectivity index is 1.68. The molecular formula is C15H19N5O2. The van der Waals surface area contributed by atoms with Gasteiger partial charge in [0.05, 0.1) is 13.2 Å². The Morgan fingerprint density at radius 3 is 2.64 bits per heavy atom. The molecule has 3 rings (SSSR count). The minimum Gasteiger partial charge on any atom is -0.497 e. The van der Waals surface area contributed by atoms with Crippen LogP contribution in [0.25, 0.3) is 0 Å². The van der Waals surface area contributed by atoms with E-state index < -0.39 is 0 Å². The number of urea groups is 1. The van der Waals surface area contributed by atoms with Crippen LogP contribution >= 0.6 is 0 Å². The monoisotopic (exact) mass is 301 g/mol. The zero-order chi connectivity index (χ0) is 15.5. The van der Waals surface area contributed by atoms with Crippen LogP contribution in [0.5, 0.6) is 5.75 Å². The average Bonchev–Trinajstić information content (AvgIpc) is 3.30. The summed E-state index contributed by atoms with van der Waals surface area (Å²) in [5.41, 5.74) is 1.08. The maximum Gasteiger partial charge on any atom is 0.322 e. The number of nitrogens with zero attached hydrogens (tertiary/aromatic N) is 3. The second kappa shape index (κ2) is 6.05. The molecule has 1 aromatic heterocycles. The molecule has 1 aliphatic rings. The Labute approximate surface area is 128 Å². The fourth-order valence-electron chi connectivity index (χ4n) is 2.40. The molecule has 2 N–H and O–H groups in total. The molecule has 1 saturated carbocycles. The number of methoxy groups -OCH3 is 1. The molecule has 1 aromatic carbocycles. The Morgan fingerprint density at radius 1 is 1.36 bits per heavy atom. The Kier molecular flexibility index (Phi) is 3.95. The molecule has 1 atom stereocenters. The first-order valence-corrected chi connectivity index (χ1v) is 7.23. The van der Waals surface area contributed by atoms with Gasteiger partial charge in [0.2, 0.25) is 5.95 Å². The van der Waals surface area contributed by atoms with Gasteiger partial charge in [-0.05, 0) is 36.5 Å². The smallest absolute Gasteiger partial charge is 0.322 e. The van der Waals surface area contributed by atoms with Gasteiger partial charge in [-0.1, -0.05) is 12.1 Å². The summed E-state index contributed by atoms with van der Waals surface area (Å²) in [6.45, 7) is 0. The predicted molar refractivity (Wildman–Crippen MR) is 81.6 cm³/mol. The normalized spacial score (nSPS) is 15.2. The molecule has 7 nitrogen and oxygen atoms in total. The summed E-state index contributed by atoms with van der Waals surface area (Å²) in [5, 5.41) is 9.66. The quantitative estimate of drug-likeness (QED) is 0.886. The van der Waals surface area contributed by atoms with Crippen LogP contribution in [-0.2, 0) is 7.05 Å². The predicted octanol–water partition coefficient (Wildman–Crippen LogP) is 2.10. The Morgan fingerprint density at radius 2 is 2.09 bits per heavy atom. The number of anilines is 1. The average molecular weight is 301 g/mol. The summed E-state index contributed by atoms with van der Waals surface area (Å²) in [7, 11) is 3.37. The number of carbonyl (C=O) groups excluding carboxylic acids is 1. The van der Waals surface area contributed by atoms with Crippen LogP contribution in [0.1, 0.15) is 24.4 Å². The molecule has 1 aliphatic carbocycles. The lowest BCUT2D eigenvalue weighted by molar-refractivity contribution is 0.247. The van der Waals surface area contributed by atoms with E-state index in [-0.39, 0.29) is 12.1 Å². The minimum absolute atomic E-state index is 0.000802. The third kappa shape index (κ3) is 3.19. The van der Waals surface area contributed by atoms with E-state index in [0.29, 0.717) is 11.9 Å². The van der Waals surface area contributed by atoms with Gasteiger partial charge >= 0.3 is 6.03 Å². The summed E-state index contributed by atoms with van der Waals surface area (Å²) in [6.07, 6.45) is 3.65. The zero-order valence-electron chi connectivity index (χ0n) is 12.6. The molecule has 0 bridgehead atoms. The maximum atomic E-state index is 12.2. The van der Waals surface area contributed by atoms with Crippen molar-refractivity contribution < 1.29 is 9.53 Å². The number of nitrogens with one attached hydrogen (secondary N) is 2. The van der Waals surface area contributed by atoms with Crippen LogP contribution < -0.4 is 15.4 Å². The molecule has 2 amide bonds. The molecule has 0 spiro atoms. The number of hydrogen-bond donors (Lipinski definition) is 2. The largest absolute Gasteiger partial charge is 0.497 e. The summed E-state index contributed by atoms with van der Waals surface area (Å²) in [4.78, 5) is 16.2.